The zero-order chi connectivity index (χ0) is 13.2. The number of benzene rings is 1. The van der Waals surface area contributed by atoms with Gasteiger partial charge in [-0.1, -0.05) is 24.3 Å². The standard InChI is InChI=1S/C14H15N3O2/c18-13(12-6-15-8-17-12)7-16-14(19)11-5-9-3-1-2-4-10(9)11/h1-4,6,8,11,13,18H,5,7H2,(H,15,17)(H,16,19). The van der Waals surface area contributed by atoms with Crippen LogP contribution in [0.3, 0.4) is 0 Å². The number of hydrogen-bond donors (Lipinski definition) is 3. The number of nitrogens with zero attached hydrogens (tertiary/aromatic N) is 1. The van der Waals surface area contributed by atoms with Crippen LogP contribution in [0.1, 0.15) is 28.8 Å². The molecule has 19 heavy (non-hydrogen) atoms. The lowest BCUT2D eigenvalue weighted by molar-refractivity contribution is -0.123. The first-order valence-corrected chi connectivity index (χ1v) is 6.27. The minimum Gasteiger partial charge on any atom is -0.385 e. The molecule has 1 aromatic heterocycles. The Labute approximate surface area is 110 Å². The lowest BCUT2D eigenvalue weighted by Gasteiger charge is -2.29. The Balaban J connectivity index is 1.56. The number of aromatic amines is 1. The Hall–Kier alpha value is -2.14. The molecule has 3 N–H and O–H groups in total. The lowest BCUT2D eigenvalue weighted by atomic mass is 9.77. The van der Waals surface area contributed by atoms with Crippen LogP contribution in [0, 0.1) is 0 Å². The summed E-state index contributed by atoms with van der Waals surface area (Å²) in [6, 6.07) is 7.94. The summed E-state index contributed by atoms with van der Waals surface area (Å²) in [6.45, 7) is 0.194. The van der Waals surface area contributed by atoms with Crippen molar-refractivity contribution in [2.45, 2.75) is 18.4 Å². The molecule has 2 unspecified atom stereocenters. The van der Waals surface area contributed by atoms with Gasteiger partial charge in [0, 0.05) is 6.54 Å². The molecule has 0 saturated heterocycles. The molecule has 0 fully saturated rings. The van der Waals surface area contributed by atoms with Gasteiger partial charge in [0.25, 0.3) is 0 Å². The fourth-order valence-corrected chi connectivity index (χ4v) is 2.37. The summed E-state index contributed by atoms with van der Waals surface area (Å²) in [5.74, 6) is -0.109. The van der Waals surface area contributed by atoms with E-state index in [0.717, 1.165) is 12.0 Å². The molecular formula is C14H15N3O2. The fourth-order valence-electron chi connectivity index (χ4n) is 2.37. The van der Waals surface area contributed by atoms with Crippen molar-refractivity contribution in [1.82, 2.24) is 15.3 Å². The Morgan fingerprint density at radius 1 is 1.53 bits per heavy atom. The third-order valence-corrected chi connectivity index (χ3v) is 3.52. The number of amides is 1. The molecule has 0 saturated carbocycles. The molecule has 0 bridgehead atoms. The van der Waals surface area contributed by atoms with Crippen molar-refractivity contribution in [3.63, 3.8) is 0 Å². The number of carbonyl (C=O) groups excluding carboxylic acids is 1. The van der Waals surface area contributed by atoms with Gasteiger partial charge in [-0.05, 0) is 17.5 Å². The maximum atomic E-state index is 12.0. The predicted octanol–water partition coefficient (Wildman–Crippen LogP) is 0.899. The summed E-state index contributed by atoms with van der Waals surface area (Å²) < 4.78 is 0. The van der Waals surface area contributed by atoms with Crippen LogP contribution in [-0.4, -0.2) is 27.5 Å². The highest BCUT2D eigenvalue weighted by Gasteiger charge is 2.31. The highest BCUT2D eigenvalue weighted by atomic mass is 16.3. The van der Waals surface area contributed by atoms with Crippen molar-refractivity contribution in [3.8, 4) is 0 Å². The topological polar surface area (TPSA) is 78.0 Å². The average molecular weight is 257 g/mol. The second-order valence-corrected chi connectivity index (χ2v) is 4.72. The molecule has 5 heteroatoms. The molecule has 1 aliphatic carbocycles. The maximum absolute atomic E-state index is 12.0. The summed E-state index contributed by atoms with van der Waals surface area (Å²) in [5, 5.41) is 12.6. The van der Waals surface area contributed by atoms with Crippen LogP contribution in [0.5, 0.6) is 0 Å². The van der Waals surface area contributed by atoms with E-state index in [2.05, 4.69) is 15.3 Å². The van der Waals surface area contributed by atoms with Crippen molar-refractivity contribution in [3.05, 3.63) is 53.6 Å². The fraction of sp³-hybridized carbons (Fsp3) is 0.286. The number of imidazole rings is 1. The Morgan fingerprint density at radius 2 is 2.37 bits per heavy atom. The number of nitrogens with one attached hydrogen (secondary N) is 2. The second kappa shape index (κ2) is 4.85. The highest BCUT2D eigenvalue weighted by Crippen LogP contribution is 2.34. The lowest BCUT2D eigenvalue weighted by Crippen LogP contribution is -2.37. The van der Waals surface area contributed by atoms with Gasteiger partial charge >= 0.3 is 0 Å². The van der Waals surface area contributed by atoms with Gasteiger partial charge in [0.15, 0.2) is 0 Å². The first-order chi connectivity index (χ1) is 9.25. The first kappa shape index (κ1) is 11.9. The number of rotatable bonds is 4. The number of fused-ring (bicyclic) bond motifs is 1. The highest BCUT2D eigenvalue weighted by molar-refractivity contribution is 5.86. The van der Waals surface area contributed by atoms with Gasteiger partial charge in [-0.15, -0.1) is 0 Å². The third kappa shape index (κ3) is 2.24. The largest absolute Gasteiger partial charge is 0.385 e. The van der Waals surface area contributed by atoms with Crippen LogP contribution < -0.4 is 5.32 Å². The smallest absolute Gasteiger partial charge is 0.227 e. The van der Waals surface area contributed by atoms with E-state index in [1.54, 1.807) is 6.20 Å². The minimum absolute atomic E-state index is 0.0303. The quantitative estimate of drug-likeness (QED) is 0.761. The van der Waals surface area contributed by atoms with E-state index in [1.807, 2.05) is 24.3 Å². The molecule has 0 aliphatic heterocycles. The van der Waals surface area contributed by atoms with Crippen LogP contribution in [0.25, 0.3) is 0 Å². The number of H-pyrrole nitrogens is 1. The summed E-state index contributed by atoms with van der Waals surface area (Å²) in [6.07, 6.45) is 3.09. The number of hydrogen-bond acceptors (Lipinski definition) is 3. The van der Waals surface area contributed by atoms with Crippen molar-refractivity contribution in [1.29, 1.82) is 0 Å². The van der Waals surface area contributed by atoms with Gasteiger partial charge in [0.2, 0.25) is 5.91 Å². The molecule has 1 amide bonds. The molecule has 0 radical (unpaired) electrons. The summed E-state index contributed by atoms with van der Waals surface area (Å²) in [4.78, 5) is 18.7. The number of aromatic nitrogens is 2. The number of aliphatic hydroxyl groups excluding tert-OH is 1. The van der Waals surface area contributed by atoms with Gasteiger partial charge < -0.3 is 15.4 Å². The SMILES string of the molecule is O=C(NCC(O)c1cnc[nH]1)C1Cc2ccccc21. The van der Waals surface area contributed by atoms with Crippen LogP contribution >= 0.6 is 0 Å². The van der Waals surface area contributed by atoms with E-state index < -0.39 is 6.10 Å². The summed E-state index contributed by atoms with van der Waals surface area (Å²) in [7, 11) is 0. The van der Waals surface area contributed by atoms with E-state index in [4.69, 9.17) is 0 Å². The third-order valence-electron chi connectivity index (χ3n) is 3.52. The van der Waals surface area contributed by atoms with Gasteiger partial charge in [0.1, 0.15) is 6.10 Å². The van der Waals surface area contributed by atoms with E-state index in [1.165, 1.54) is 11.9 Å². The zero-order valence-corrected chi connectivity index (χ0v) is 10.3. The van der Waals surface area contributed by atoms with Gasteiger partial charge in [-0.25, -0.2) is 4.98 Å². The molecule has 1 heterocycles. The molecule has 1 aliphatic rings. The van der Waals surface area contributed by atoms with Gasteiger partial charge in [-0.3, -0.25) is 4.79 Å². The molecule has 2 aromatic rings. The van der Waals surface area contributed by atoms with Crippen LogP contribution in [-0.2, 0) is 11.2 Å². The Morgan fingerprint density at radius 3 is 3.11 bits per heavy atom. The van der Waals surface area contributed by atoms with Crippen molar-refractivity contribution < 1.29 is 9.90 Å². The Bertz CT molecular complexity index is 580. The van der Waals surface area contributed by atoms with E-state index in [0.29, 0.717) is 5.69 Å². The van der Waals surface area contributed by atoms with E-state index >= 15 is 0 Å². The van der Waals surface area contributed by atoms with Gasteiger partial charge in [0.05, 0.1) is 24.1 Å². The molecular weight excluding hydrogens is 242 g/mol. The Kier molecular flexibility index (Phi) is 3.05. The monoisotopic (exact) mass is 257 g/mol. The van der Waals surface area contributed by atoms with Crippen molar-refractivity contribution in [2.75, 3.05) is 6.54 Å². The normalized spacial score (nSPS) is 18.3. The zero-order valence-electron chi connectivity index (χ0n) is 10.3. The summed E-state index contributed by atoms with van der Waals surface area (Å²) >= 11 is 0. The molecule has 2 atom stereocenters. The van der Waals surface area contributed by atoms with Crippen molar-refractivity contribution in [2.24, 2.45) is 0 Å². The second-order valence-electron chi connectivity index (χ2n) is 4.72. The minimum atomic E-state index is -0.748. The molecule has 5 nitrogen and oxygen atoms in total. The molecule has 98 valence electrons. The first-order valence-electron chi connectivity index (χ1n) is 6.27. The van der Waals surface area contributed by atoms with Gasteiger partial charge in [-0.2, -0.15) is 0 Å². The number of aliphatic hydroxyl groups is 1. The van der Waals surface area contributed by atoms with Crippen LogP contribution in [0.15, 0.2) is 36.8 Å². The van der Waals surface area contributed by atoms with Crippen molar-refractivity contribution >= 4 is 5.91 Å². The van der Waals surface area contributed by atoms with Crippen LogP contribution in [0.4, 0.5) is 0 Å². The van der Waals surface area contributed by atoms with E-state index in [9.17, 15) is 9.90 Å². The molecule has 0 spiro atoms. The maximum Gasteiger partial charge on any atom is 0.227 e. The predicted molar refractivity (Wildman–Crippen MR) is 69.4 cm³/mol. The molecule has 1 aromatic carbocycles. The average Bonchev–Trinajstić information content (AvgIpc) is 2.91. The molecule has 3 rings (SSSR count). The van der Waals surface area contributed by atoms with Crippen LogP contribution in [0.2, 0.25) is 0 Å². The summed E-state index contributed by atoms with van der Waals surface area (Å²) in [5.41, 5.74) is 2.93. The number of carbonyl (C=O) groups is 1. The van der Waals surface area contributed by atoms with E-state index in [-0.39, 0.29) is 18.4 Å².